The number of urea groups is 1. The van der Waals surface area contributed by atoms with Crippen molar-refractivity contribution in [3.05, 3.63) is 0 Å². The third-order valence-electron chi connectivity index (χ3n) is 6.25. The summed E-state index contributed by atoms with van der Waals surface area (Å²) < 4.78 is 0. The average molecular weight is 335 g/mol. The van der Waals surface area contributed by atoms with Crippen molar-refractivity contribution in [3.63, 3.8) is 0 Å². The molecule has 0 spiro atoms. The topological polar surface area (TPSA) is 52.7 Å². The van der Waals surface area contributed by atoms with E-state index in [-0.39, 0.29) is 11.9 Å². The Morgan fingerprint density at radius 1 is 0.792 bits per heavy atom. The van der Waals surface area contributed by atoms with Gasteiger partial charge in [-0.25, -0.2) is 4.79 Å². The van der Waals surface area contributed by atoms with Crippen LogP contribution in [0.25, 0.3) is 0 Å². The van der Waals surface area contributed by atoms with Crippen molar-refractivity contribution in [2.24, 2.45) is 11.8 Å². The molecule has 2 saturated carbocycles. The monoisotopic (exact) mass is 335 g/mol. The van der Waals surface area contributed by atoms with Crippen LogP contribution in [0.3, 0.4) is 0 Å². The van der Waals surface area contributed by atoms with Gasteiger partial charge in [0.25, 0.3) is 0 Å². The second-order valence-electron chi connectivity index (χ2n) is 7.96. The Kier molecular flexibility index (Phi) is 6.01. The fraction of sp³-hybridized carbons (Fsp3) is 0.895. The summed E-state index contributed by atoms with van der Waals surface area (Å²) in [7, 11) is 0. The number of hydrogen-bond acceptors (Lipinski definition) is 2. The molecule has 2 atom stereocenters. The largest absolute Gasteiger partial charge is 0.339 e. The molecule has 136 valence electrons. The van der Waals surface area contributed by atoms with Crippen molar-refractivity contribution < 1.29 is 9.59 Å². The lowest BCUT2D eigenvalue weighted by molar-refractivity contribution is -0.138. The first kappa shape index (κ1) is 17.6. The molecule has 2 unspecified atom stereocenters. The number of carbonyl (C=O) groups is 2. The van der Waals surface area contributed by atoms with E-state index in [1.54, 1.807) is 0 Å². The van der Waals surface area contributed by atoms with Gasteiger partial charge in [0.05, 0.1) is 0 Å². The average Bonchev–Trinajstić information content (AvgIpc) is 2.64. The fourth-order valence-corrected chi connectivity index (χ4v) is 4.52. The normalized spacial score (nSPS) is 29.4. The highest BCUT2D eigenvalue weighted by Gasteiger charge is 2.31. The van der Waals surface area contributed by atoms with Gasteiger partial charge in [-0.15, -0.1) is 0 Å². The molecular formula is C19H33N3O2. The Balaban J connectivity index is 1.44. The van der Waals surface area contributed by atoms with Gasteiger partial charge >= 0.3 is 6.03 Å². The highest BCUT2D eigenvalue weighted by atomic mass is 16.2. The Labute approximate surface area is 146 Å². The molecule has 1 N–H and O–H groups in total. The minimum atomic E-state index is 0.0681. The van der Waals surface area contributed by atoms with Gasteiger partial charge in [0, 0.05) is 38.1 Å². The minimum absolute atomic E-state index is 0.0681. The predicted molar refractivity (Wildman–Crippen MR) is 94.7 cm³/mol. The van der Waals surface area contributed by atoms with Gasteiger partial charge in [0.15, 0.2) is 0 Å². The molecule has 2 aliphatic carbocycles. The van der Waals surface area contributed by atoms with E-state index < -0.39 is 0 Å². The third-order valence-corrected chi connectivity index (χ3v) is 6.25. The molecule has 3 aliphatic rings. The Hall–Kier alpha value is -1.26. The number of nitrogens with zero attached hydrogens (tertiary/aromatic N) is 2. The van der Waals surface area contributed by atoms with E-state index in [9.17, 15) is 9.59 Å². The molecule has 1 aliphatic heterocycles. The van der Waals surface area contributed by atoms with Gasteiger partial charge in [0.1, 0.15) is 0 Å². The van der Waals surface area contributed by atoms with Crippen molar-refractivity contribution in [2.45, 2.75) is 70.8 Å². The van der Waals surface area contributed by atoms with Crippen molar-refractivity contribution in [1.29, 1.82) is 0 Å². The molecule has 0 bridgehead atoms. The van der Waals surface area contributed by atoms with Gasteiger partial charge in [0.2, 0.25) is 5.91 Å². The summed E-state index contributed by atoms with van der Waals surface area (Å²) in [5, 5.41) is 3.23. The Morgan fingerprint density at radius 3 is 2.04 bits per heavy atom. The van der Waals surface area contributed by atoms with E-state index in [2.05, 4.69) is 12.2 Å². The molecular weight excluding hydrogens is 302 g/mol. The number of nitrogens with one attached hydrogen (secondary N) is 1. The summed E-state index contributed by atoms with van der Waals surface area (Å²) in [5.74, 6) is 1.15. The molecule has 3 amide bonds. The van der Waals surface area contributed by atoms with Crippen molar-refractivity contribution in [2.75, 3.05) is 26.2 Å². The molecule has 0 aromatic rings. The molecule has 24 heavy (non-hydrogen) atoms. The van der Waals surface area contributed by atoms with Crippen LogP contribution in [-0.4, -0.2) is 54.0 Å². The van der Waals surface area contributed by atoms with Gasteiger partial charge in [-0.05, 0) is 31.6 Å². The van der Waals surface area contributed by atoms with Gasteiger partial charge in [-0.1, -0.05) is 39.0 Å². The lowest BCUT2D eigenvalue weighted by Crippen LogP contribution is -2.56. The van der Waals surface area contributed by atoms with E-state index in [4.69, 9.17) is 0 Å². The first-order valence-electron chi connectivity index (χ1n) is 9.99. The second-order valence-corrected chi connectivity index (χ2v) is 7.96. The van der Waals surface area contributed by atoms with Crippen molar-refractivity contribution in [1.82, 2.24) is 15.1 Å². The van der Waals surface area contributed by atoms with Crippen LogP contribution in [-0.2, 0) is 4.79 Å². The smallest absolute Gasteiger partial charge is 0.317 e. The quantitative estimate of drug-likeness (QED) is 0.843. The molecule has 3 rings (SSSR count). The van der Waals surface area contributed by atoms with Crippen LogP contribution in [0.2, 0.25) is 0 Å². The van der Waals surface area contributed by atoms with E-state index in [1.807, 2.05) is 9.80 Å². The number of piperazine rings is 1. The first-order valence-corrected chi connectivity index (χ1v) is 9.99. The summed E-state index contributed by atoms with van der Waals surface area (Å²) in [4.78, 5) is 29.0. The highest BCUT2D eigenvalue weighted by Crippen LogP contribution is 2.26. The summed E-state index contributed by atoms with van der Waals surface area (Å²) in [6, 6.07) is 0.395. The Bertz CT molecular complexity index is 440. The van der Waals surface area contributed by atoms with Gasteiger partial charge in [-0.2, -0.15) is 0 Å². The van der Waals surface area contributed by atoms with Crippen LogP contribution in [0.1, 0.15) is 64.7 Å². The number of carbonyl (C=O) groups excluding carboxylic acids is 2. The van der Waals surface area contributed by atoms with Crippen LogP contribution in [0.15, 0.2) is 0 Å². The number of amides is 3. The molecule has 5 nitrogen and oxygen atoms in total. The highest BCUT2D eigenvalue weighted by molar-refractivity contribution is 5.80. The molecule has 0 aromatic carbocycles. The van der Waals surface area contributed by atoms with E-state index in [1.165, 1.54) is 38.5 Å². The fourth-order valence-electron chi connectivity index (χ4n) is 4.52. The maximum absolute atomic E-state index is 12.6. The zero-order chi connectivity index (χ0) is 16.9. The minimum Gasteiger partial charge on any atom is -0.339 e. The first-order chi connectivity index (χ1) is 11.6. The standard InChI is InChI=1S/C19H33N3O2/c1-15-7-5-6-10-17(15)20-19(24)22-13-11-21(12-14-22)18(23)16-8-3-2-4-9-16/h15-17H,2-14H2,1H3,(H,20,24). The summed E-state index contributed by atoms with van der Waals surface area (Å²) in [5.41, 5.74) is 0. The summed E-state index contributed by atoms with van der Waals surface area (Å²) in [6.45, 7) is 4.98. The SMILES string of the molecule is CC1CCCCC1NC(=O)N1CCN(C(=O)C2CCCCC2)CC1. The molecule has 0 aromatic heterocycles. The zero-order valence-corrected chi connectivity index (χ0v) is 15.1. The molecule has 1 saturated heterocycles. The molecule has 5 heteroatoms. The number of rotatable bonds is 2. The van der Waals surface area contributed by atoms with Crippen LogP contribution in [0.4, 0.5) is 4.79 Å². The maximum Gasteiger partial charge on any atom is 0.317 e. The molecule has 0 radical (unpaired) electrons. The lowest BCUT2D eigenvalue weighted by Gasteiger charge is -2.38. The van der Waals surface area contributed by atoms with E-state index in [0.717, 1.165) is 19.3 Å². The maximum atomic E-state index is 12.6. The Morgan fingerprint density at radius 2 is 1.38 bits per heavy atom. The molecule has 1 heterocycles. The van der Waals surface area contributed by atoms with E-state index in [0.29, 0.717) is 44.0 Å². The third kappa shape index (κ3) is 4.22. The van der Waals surface area contributed by atoms with Crippen LogP contribution < -0.4 is 5.32 Å². The van der Waals surface area contributed by atoms with Crippen LogP contribution in [0.5, 0.6) is 0 Å². The second kappa shape index (κ2) is 8.21. The summed E-state index contributed by atoms with van der Waals surface area (Å²) >= 11 is 0. The lowest BCUT2D eigenvalue weighted by atomic mass is 9.86. The number of hydrogen-bond donors (Lipinski definition) is 1. The van der Waals surface area contributed by atoms with Gasteiger partial charge < -0.3 is 15.1 Å². The van der Waals surface area contributed by atoms with Crippen LogP contribution in [0, 0.1) is 11.8 Å². The van der Waals surface area contributed by atoms with Crippen LogP contribution >= 0.6 is 0 Å². The zero-order valence-electron chi connectivity index (χ0n) is 15.1. The van der Waals surface area contributed by atoms with Crippen molar-refractivity contribution in [3.8, 4) is 0 Å². The molecule has 3 fully saturated rings. The van der Waals surface area contributed by atoms with Gasteiger partial charge in [-0.3, -0.25) is 4.79 Å². The van der Waals surface area contributed by atoms with E-state index >= 15 is 0 Å². The predicted octanol–water partition coefficient (Wildman–Crippen LogP) is 3.00. The summed E-state index contributed by atoms with van der Waals surface area (Å²) in [6.07, 6.45) is 10.6. The van der Waals surface area contributed by atoms with Crippen molar-refractivity contribution >= 4 is 11.9 Å².